The number of hydrogen-bond donors (Lipinski definition) is 0. The van der Waals surface area contributed by atoms with E-state index in [2.05, 4.69) is 27.4 Å². The second-order valence-electron chi connectivity index (χ2n) is 2.70. The summed E-state index contributed by atoms with van der Waals surface area (Å²) in [5, 5.41) is 0. The molecular weight excluding hydrogens is 112 g/mol. The normalized spacial score (nSPS) is 13.4. The average Bonchev–Trinajstić information content (AvgIpc) is 1.84. The van der Waals surface area contributed by atoms with Crippen molar-refractivity contribution in [3.63, 3.8) is 0 Å². The Kier molecular flexibility index (Phi) is 3.36. The van der Waals surface area contributed by atoms with Crippen LogP contribution < -0.4 is 0 Å². The minimum Gasteiger partial charge on any atom is -0.501 e. The van der Waals surface area contributed by atoms with Crippen LogP contribution in [0.2, 0.25) is 0 Å². The molecule has 0 aromatic carbocycles. The van der Waals surface area contributed by atoms with Crippen LogP contribution in [-0.2, 0) is 4.74 Å². The van der Waals surface area contributed by atoms with Crippen LogP contribution in [0, 0.1) is 11.8 Å². The van der Waals surface area contributed by atoms with E-state index in [0.29, 0.717) is 11.8 Å². The first-order valence-corrected chi connectivity index (χ1v) is 3.32. The minimum atomic E-state index is 0.468. The first kappa shape index (κ1) is 8.54. The number of hydrogen-bond acceptors (Lipinski definition) is 1. The average molecular weight is 128 g/mol. The molecule has 0 fully saturated rings. The van der Waals surface area contributed by atoms with Gasteiger partial charge in [0.25, 0.3) is 0 Å². The van der Waals surface area contributed by atoms with E-state index in [1.54, 1.807) is 7.11 Å². The molecule has 0 heterocycles. The highest BCUT2D eigenvalue weighted by atomic mass is 16.5. The highest BCUT2D eigenvalue weighted by molar-refractivity contribution is 4.89. The summed E-state index contributed by atoms with van der Waals surface area (Å²) in [7, 11) is 1.67. The molecule has 0 spiro atoms. The van der Waals surface area contributed by atoms with Crippen molar-refractivity contribution in [1.29, 1.82) is 0 Å². The lowest BCUT2D eigenvalue weighted by Crippen LogP contribution is -2.07. The zero-order chi connectivity index (χ0) is 7.44. The third-order valence-corrected chi connectivity index (χ3v) is 1.77. The van der Waals surface area contributed by atoms with Gasteiger partial charge in [0.1, 0.15) is 0 Å². The third-order valence-electron chi connectivity index (χ3n) is 1.77. The first-order valence-electron chi connectivity index (χ1n) is 3.32. The van der Waals surface area contributed by atoms with Crippen molar-refractivity contribution in [2.45, 2.75) is 20.8 Å². The fourth-order valence-electron chi connectivity index (χ4n) is 0.558. The van der Waals surface area contributed by atoms with Crippen molar-refractivity contribution in [3.05, 3.63) is 12.3 Å². The molecule has 0 bridgehead atoms. The Morgan fingerprint density at radius 3 is 1.89 bits per heavy atom. The Morgan fingerprint density at radius 1 is 1.33 bits per heavy atom. The van der Waals surface area contributed by atoms with E-state index in [0.717, 1.165) is 5.76 Å². The summed E-state index contributed by atoms with van der Waals surface area (Å²) in [6.07, 6.45) is 0. The van der Waals surface area contributed by atoms with E-state index in [1.807, 2.05) is 0 Å². The van der Waals surface area contributed by atoms with Gasteiger partial charge in [-0.3, -0.25) is 0 Å². The third kappa shape index (κ3) is 2.54. The van der Waals surface area contributed by atoms with Crippen LogP contribution in [0.15, 0.2) is 12.3 Å². The Balaban J connectivity index is 3.72. The van der Waals surface area contributed by atoms with Gasteiger partial charge in [0.05, 0.1) is 12.9 Å². The number of rotatable bonds is 3. The Labute approximate surface area is 57.7 Å². The van der Waals surface area contributed by atoms with Gasteiger partial charge < -0.3 is 4.74 Å². The molecule has 0 aromatic heterocycles. The van der Waals surface area contributed by atoms with Crippen molar-refractivity contribution >= 4 is 0 Å². The summed E-state index contributed by atoms with van der Waals surface area (Å²) in [4.78, 5) is 0. The molecule has 0 aromatic rings. The van der Waals surface area contributed by atoms with Crippen LogP contribution in [0.25, 0.3) is 0 Å². The Hall–Kier alpha value is -0.460. The van der Waals surface area contributed by atoms with E-state index in [1.165, 1.54) is 0 Å². The molecule has 0 radical (unpaired) electrons. The topological polar surface area (TPSA) is 9.23 Å². The molecule has 9 heavy (non-hydrogen) atoms. The molecule has 0 saturated heterocycles. The van der Waals surface area contributed by atoms with Crippen molar-refractivity contribution in [3.8, 4) is 0 Å². The zero-order valence-corrected chi connectivity index (χ0v) is 6.77. The van der Waals surface area contributed by atoms with Gasteiger partial charge in [-0.2, -0.15) is 0 Å². The molecule has 0 N–H and O–H groups in total. The first-order chi connectivity index (χ1) is 4.09. The number of methoxy groups -OCH3 is 1. The molecule has 0 aliphatic heterocycles. The summed E-state index contributed by atoms with van der Waals surface area (Å²) in [5.41, 5.74) is 0. The maximum absolute atomic E-state index is 4.98. The zero-order valence-electron chi connectivity index (χ0n) is 6.77. The van der Waals surface area contributed by atoms with Gasteiger partial charge in [0.2, 0.25) is 0 Å². The molecule has 0 amide bonds. The largest absolute Gasteiger partial charge is 0.501 e. The summed E-state index contributed by atoms with van der Waals surface area (Å²) in [6, 6.07) is 0. The van der Waals surface area contributed by atoms with Crippen LogP contribution in [0.3, 0.4) is 0 Å². The van der Waals surface area contributed by atoms with Crippen molar-refractivity contribution in [2.75, 3.05) is 7.11 Å². The molecule has 54 valence electrons. The second-order valence-corrected chi connectivity index (χ2v) is 2.70. The fraction of sp³-hybridized carbons (Fsp3) is 0.750. The highest BCUT2D eigenvalue weighted by Crippen LogP contribution is 2.17. The van der Waals surface area contributed by atoms with E-state index in [-0.39, 0.29) is 0 Å². The van der Waals surface area contributed by atoms with Gasteiger partial charge in [-0.25, -0.2) is 0 Å². The SMILES string of the molecule is C=C(OC)[C@@H](C)C(C)C. The van der Waals surface area contributed by atoms with Crippen LogP contribution >= 0.6 is 0 Å². The predicted octanol–water partition coefficient (Wildman–Crippen LogP) is 2.44. The van der Waals surface area contributed by atoms with Gasteiger partial charge in [-0.05, 0) is 5.92 Å². The highest BCUT2D eigenvalue weighted by Gasteiger charge is 2.09. The molecule has 0 unspecified atom stereocenters. The van der Waals surface area contributed by atoms with Crippen molar-refractivity contribution in [2.24, 2.45) is 11.8 Å². The van der Waals surface area contributed by atoms with Gasteiger partial charge in [-0.15, -0.1) is 0 Å². The smallest absolute Gasteiger partial charge is 0.0914 e. The molecule has 0 saturated carbocycles. The van der Waals surface area contributed by atoms with E-state index >= 15 is 0 Å². The summed E-state index contributed by atoms with van der Waals surface area (Å²) in [5.74, 6) is 1.97. The van der Waals surface area contributed by atoms with E-state index < -0.39 is 0 Å². The molecule has 1 nitrogen and oxygen atoms in total. The lowest BCUT2D eigenvalue weighted by Gasteiger charge is -2.16. The second kappa shape index (κ2) is 3.54. The quantitative estimate of drug-likeness (QED) is 0.530. The van der Waals surface area contributed by atoms with Crippen LogP contribution in [0.5, 0.6) is 0 Å². The molecule has 0 aliphatic rings. The van der Waals surface area contributed by atoms with Gasteiger partial charge in [-0.1, -0.05) is 27.4 Å². The maximum atomic E-state index is 4.98. The summed E-state index contributed by atoms with van der Waals surface area (Å²) < 4.78 is 4.98. The monoisotopic (exact) mass is 128 g/mol. The van der Waals surface area contributed by atoms with E-state index in [4.69, 9.17) is 4.74 Å². The molecule has 1 atom stereocenters. The number of allylic oxidation sites excluding steroid dienone is 1. The lowest BCUT2D eigenvalue weighted by molar-refractivity contribution is 0.226. The summed E-state index contributed by atoms with van der Waals surface area (Å²) in [6.45, 7) is 10.2. The lowest BCUT2D eigenvalue weighted by atomic mass is 9.97. The minimum absolute atomic E-state index is 0.468. The van der Waals surface area contributed by atoms with Crippen LogP contribution in [0.1, 0.15) is 20.8 Å². The van der Waals surface area contributed by atoms with Gasteiger partial charge in [0.15, 0.2) is 0 Å². The van der Waals surface area contributed by atoms with Crippen molar-refractivity contribution < 1.29 is 4.74 Å². The van der Waals surface area contributed by atoms with Gasteiger partial charge >= 0.3 is 0 Å². The van der Waals surface area contributed by atoms with Crippen LogP contribution in [-0.4, -0.2) is 7.11 Å². The molecule has 0 aliphatic carbocycles. The molecule has 1 heteroatoms. The van der Waals surface area contributed by atoms with Crippen molar-refractivity contribution in [1.82, 2.24) is 0 Å². The Bertz CT molecular complexity index is 94.7. The molecular formula is C8H16O. The standard InChI is InChI=1S/C8H16O/c1-6(2)7(3)8(4)9-5/h6-7H,4H2,1-3,5H3/t7-/m0/s1. The fourth-order valence-corrected chi connectivity index (χ4v) is 0.558. The van der Waals surface area contributed by atoms with Gasteiger partial charge in [0, 0.05) is 5.92 Å². The number of ether oxygens (including phenoxy) is 1. The maximum Gasteiger partial charge on any atom is 0.0914 e. The molecule has 0 rings (SSSR count). The predicted molar refractivity (Wildman–Crippen MR) is 40.2 cm³/mol. The summed E-state index contributed by atoms with van der Waals surface area (Å²) >= 11 is 0. The van der Waals surface area contributed by atoms with E-state index in [9.17, 15) is 0 Å². The Morgan fingerprint density at radius 2 is 1.78 bits per heavy atom. The van der Waals surface area contributed by atoms with Crippen LogP contribution in [0.4, 0.5) is 0 Å².